The smallest absolute Gasteiger partial charge is 0.0917 e. The van der Waals surface area contributed by atoms with Crippen LogP contribution >= 0.6 is 0 Å². The molecule has 0 saturated heterocycles. The molecule has 2 nitrogen and oxygen atoms in total. The van der Waals surface area contributed by atoms with Crippen molar-refractivity contribution in [1.29, 1.82) is 0 Å². The zero-order chi connectivity index (χ0) is 12.8. The van der Waals surface area contributed by atoms with Crippen LogP contribution in [-0.4, -0.2) is 29.6 Å². The first kappa shape index (κ1) is 14.2. The first-order chi connectivity index (χ1) is 8.06. The molecule has 0 radical (unpaired) electrons. The van der Waals surface area contributed by atoms with Gasteiger partial charge in [0, 0.05) is 6.54 Å². The van der Waals surface area contributed by atoms with Crippen LogP contribution in [-0.2, 0) is 0 Å². The molecular formula is C15H25NO. The lowest BCUT2D eigenvalue weighted by Crippen LogP contribution is -2.29. The Hall–Kier alpha value is -0.860. The zero-order valence-corrected chi connectivity index (χ0v) is 11.5. The van der Waals surface area contributed by atoms with E-state index in [1.54, 1.807) is 0 Å². The van der Waals surface area contributed by atoms with Crippen molar-refractivity contribution in [3.8, 4) is 0 Å². The summed E-state index contributed by atoms with van der Waals surface area (Å²) in [6.45, 7) is 11.2. The topological polar surface area (TPSA) is 23.5 Å². The molecule has 1 N–H and O–H groups in total. The number of hydrogen-bond donors (Lipinski definition) is 1. The highest BCUT2D eigenvalue weighted by atomic mass is 16.3. The number of rotatable bonds is 6. The fourth-order valence-electron chi connectivity index (χ4n) is 2.25. The van der Waals surface area contributed by atoms with Crippen LogP contribution in [0.25, 0.3) is 0 Å². The van der Waals surface area contributed by atoms with Crippen molar-refractivity contribution in [3.63, 3.8) is 0 Å². The molecule has 0 aromatic heterocycles. The van der Waals surface area contributed by atoms with Crippen molar-refractivity contribution < 1.29 is 5.11 Å². The summed E-state index contributed by atoms with van der Waals surface area (Å²) in [5.41, 5.74) is 3.48. The molecule has 1 rings (SSSR count). The van der Waals surface area contributed by atoms with Crippen LogP contribution in [0.5, 0.6) is 0 Å². The fourth-order valence-corrected chi connectivity index (χ4v) is 2.25. The molecule has 96 valence electrons. The van der Waals surface area contributed by atoms with E-state index in [2.05, 4.69) is 50.8 Å². The molecule has 1 aromatic rings. The lowest BCUT2D eigenvalue weighted by Gasteiger charge is -2.23. The third kappa shape index (κ3) is 4.49. The third-order valence-electron chi connectivity index (χ3n) is 3.05. The van der Waals surface area contributed by atoms with Crippen LogP contribution in [0, 0.1) is 13.8 Å². The van der Waals surface area contributed by atoms with Gasteiger partial charge < -0.3 is 10.0 Å². The minimum Gasteiger partial charge on any atom is -0.387 e. The normalized spacial score (nSPS) is 13.1. The highest BCUT2D eigenvalue weighted by molar-refractivity contribution is 5.30. The molecule has 17 heavy (non-hydrogen) atoms. The summed E-state index contributed by atoms with van der Waals surface area (Å²) in [7, 11) is 0. The van der Waals surface area contributed by atoms with Crippen LogP contribution in [0.15, 0.2) is 18.2 Å². The van der Waals surface area contributed by atoms with E-state index < -0.39 is 0 Å². The van der Waals surface area contributed by atoms with E-state index >= 15 is 0 Å². The molecule has 0 saturated carbocycles. The molecule has 0 amide bonds. The molecule has 0 bridgehead atoms. The second kappa shape index (κ2) is 6.77. The minimum absolute atomic E-state index is 0.375. The number of benzene rings is 1. The molecule has 0 fully saturated rings. The van der Waals surface area contributed by atoms with Crippen molar-refractivity contribution in [1.82, 2.24) is 4.90 Å². The lowest BCUT2D eigenvalue weighted by molar-refractivity contribution is 0.116. The van der Waals surface area contributed by atoms with Gasteiger partial charge in [-0.1, -0.05) is 43.2 Å². The molecular weight excluding hydrogens is 210 g/mol. The van der Waals surface area contributed by atoms with Gasteiger partial charge in [-0.15, -0.1) is 0 Å². The van der Waals surface area contributed by atoms with Gasteiger partial charge in [0.15, 0.2) is 0 Å². The average Bonchev–Trinajstić information content (AvgIpc) is 2.27. The SMILES string of the molecule is CCCN(CC)CC(O)c1cc(C)cc(C)c1. The highest BCUT2D eigenvalue weighted by Gasteiger charge is 2.12. The molecule has 0 heterocycles. The maximum absolute atomic E-state index is 10.3. The Labute approximate surface area is 105 Å². The number of aliphatic hydroxyl groups is 1. The Balaban J connectivity index is 2.71. The second-order valence-electron chi connectivity index (χ2n) is 4.83. The largest absolute Gasteiger partial charge is 0.387 e. The Morgan fingerprint density at radius 3 is 2.18 bits per heavy atom. The molecule has 0 aliphatic heterocycles. The Morgan fingerprint density at radius 2 is 1.71 bits per heavy atom. The van der Waals surface area contributed by atoms with Crippen molar-refractivity contribution in [2.24, 2.45) is 0 Å². The van der Waals surface area contributed by atoms with E-state index in [1.807, 2.05) is 0 Å². The molecule has 0 aliphatic carbocycles. The van der Waals surface area contributed by atoms with Crippen molar-refractivity contribution in [2.75, 3.05) is 19.6 Å². The predicted octanol–water partition coefficient (Wildman–Crippen LogP) is 3.07. The quantitative estimate of drug-likeness (QED) is 0.819. The van der Waals surface area contributed by atoms with Crippen LogP contribution in [0.4, 0.5) is 0 Å². The van der Waals surface area contributed by atoms with Gasteiger partial charge in [-0.05, 0) is 38.9 Å². The summed E-state index contributed by atoms with van der Waals surface area (Å²) in [6, 6.07) is 6.30. The fraction of sp³-hybridized carbons (Fsp3) is 0.600. The van der Waals surface area contributed by atoms with Gasteiger partial charge in [-0.25, -0.2) is 0 Å². The highest BCUT2D eigenvalue weighted by Crippen LogP contribution is 2.18. The lowest BCUT2D eigenvalue weighted by atomic mass is 10.0. The van der Waals surface area contributed by atoms with Gasteiger partial charge in [0.2, 0.25) is 0 Å². The van der Waals surface area contributed by atoms with Gasteiger partial charge in [0.25, 0.3) is 0 Å². The van der Waals surface area contributed by atoms with E-state index in [1.165, 1.54) is 11.1 Å². The van der Waals surface area contributed by atoms with Crippen LogP contribution in [0.2, 0.25) is 0 Å². The van der Waals surface area contributed by atoms with Crippen LogP contribution < -0.4 is 0 Å². The number of likely N-dealkylation sites (N-methyl/N-ethyl adjacent to an activating group) is 1. The molecule has 2 heteroatoms. The van der Waals surface area contributed by atoms with Crippen LogP contribution in [0.3, 0.4) is 0 Å². The van der Waals surface area contributed by atoms with E-state index in [0.29, 0.717) is 0 Å². The Bertz CT molecular complexity index is 329. The average molecular weight is 235 g/mol. The predicted molar refractivity (Wildman–Crippen MR) is 73.3 cm³/mol. The summed E-state index contributed by atoms with van der Waals surface area (Å²) in [4.78, 5) is 2.29. The summed E-state index contributed by atoms with van der Waals surface area (Å²) >= 11 is 0. The van der Waals surface area contributed by atoms with Crippen molar-refractivity contribution in [2.45, 2.75) is 40.2 Å². The number of nitrogens with zero attached hydrogens (tertiary/aromatic N) is 1. The molecule has 1 aromatic carbocycles. The van der Waals surface area contributed by atoms with Crippen molar-refractivity contribution >= 4 is 0 Å². The van der Waals surface area contributed by atoms with E-state index in [9.17, 15) is 5.11 Å². The van der Waals surface area contributed by atoms with Gasteiger partial charge in [-0.3, -0.25) is 0 Å². The third-order valence-corrected chi connectivity index (χ3v) is 3.05. The summed E-state index contributed by atoms with van der Waals surface area (Å²) in [5.74, 6) is 0. The molecule has 0 aliphatic rings. The van der Waals surface area contributed by atoms with Gasteiger partial charge in [0.1, 0.15) is 0 Å². The standard InChI is InChI=1S/C15H25NO/c1-5-7-16(6-2)11-15(17)14-9-12(3)8-13(4)10-14/h8-10,15,17H,5-7,11H2,1-4H3. The summed E-state index contributed by atoms with van der Waals surface area (Å²) in [5, 5.41) is 10.3. The number of hydrogen-bond acceptors (Lipinski definition) is 2. The Kier molecular flexibility index (Phi) is 5.66. The monoisotopic (exact) mass is 235 g/mol. The molecule has 0 spiro atoms. The number of aliphatic hydroxyl groups excluding tert-OH is 1. The minimum atomic E-state index is -0.375. The Morgan fingerprint density at radius 1 is 1.12 bits per heavy atom. The maximum Gasteiger partial charge on any atom is 0.0917 e. The molecule has 1 unspecified atom stereocenters. The first-order valence-corrected chi connectivity index (χ1v) is 6.55. The second-order valence-corrected chi connectivity index (χ2v) is 4.83. The maximum atomic E-state index is 10.3. The van der Waals surface area contributed by atoms with E-state index in [0.717, 1.165) is 31.6 Å². The number of aryl methyl sites for hydroxylation is 2. The summed E-state index contributed by atoms with van der Waals surface area (Å²) < 4.78 is 0. The first-order valence-electron chi connectivity index (χ1n) is 6.55. The van der Waals surface area contributed by atoms with Crippen LogP contribution in [0.1, 0.15) is 43.1 Å². The van der Waals surface area contributed by atoms with E-state index in [-0.39, 0.29) is 6.10 Å². The van der Waals surface area contributed by atoms with Crippen molar-refractivity contribution in [3.05, 3.63) is 34.9 Å². The van der Waals surface area contributed by atoms with Gasteiger partial charge in [0.05, 0.1) is 6.10 Å². The summed E-state index contributed by atoms with van der Waals surface area (Å²) in [6.07, 6.45) is 0.757. The zero-order valence-electron chi connectivity index (χ0n) is 11.5. The molecule has 1 atom stereocenters. The van der Waals surface area contributed by atoms with E-state index in [4.69, 9.17) is 0 Å². The van der Waals surface area contributed by atoms with Gasteiger partial charge >= 0.3 is 0 Å². The van der Waals surface area contributed by atoms with Gasteiger partial charge in [-0.2, -0.15) is 0 Å².